The number of hydrogen-bond donors (Lipinski definition) is 3. The van der Waals surface area contributed by atoms with Crippen molar-refractivity contribution < 1.29 is 29.6 Å². The summed E-state index contributed by atoms with van der Waals surface area (Å²) in [6.07, 6.45) is 5.47. The average Bonchev–Trinajstić information content (AvgIpc) is 3.07. The van der Waals surface area contributed by atoms with E-state index in [-0.39, 0.29) is 23.2 Å². The van der Waals surface area contributed by atoms with Crippen LogP contribution in [0.4, 0.5) is 0 Å². The van der Waals surface area contributed by atoms with E-state index in [2.05, 4.69) is 6.92 Å². The monoisotopic (exact) mass is 380 g/mol. The van der Waals surface area contributed by atoms with E-state index in [9.17, 15) is 20.1 Å². The summed E-state index contributed by atoms with van der Waals surface area (Å²) in [5.74, 6) is -0.628. The minimum atomic E-state index is -0.964. The van der Waals surface area contributed by atoms with Crippen molar-refractivity contribution in [3.05, 3.63) is 0 Å². The molecule has 1 heterocycles. The van der Waals surface area contributed by atoms with E-state index in [1.54, 1.807) is 7.11 Å². The van der Waals surface area contributed by atoms with Crippen molar-refractivity contribution in [2.24, 2.45) is 28.6 Å². The van der Waals surface area contributed by atoms with Crippen molar-refractivity contribution in [3.63, 3.8) is 0 Å². The number of hydrogen-bond acceptors (Lipinski definition) is 5. The van der Waals surface area contributed by atoms with Crippen LogP contribution in [0, 0.1) is 28.6 Å². The molecule has 4 saturated carbocycles. The fourth-order valence-corrected chi connectivity index (χ4v) is 8.62. The molecule has 4 aliphatic carbocycles. The molecular weight excluding hydrogens is 348 g/mol. The molecule has 0 aromatic carbocycles. The number of aliphatic hydroxyl groups excluding tert-OH is 1. The quantitative estimate of drug-likeness (QED) is 0.680. The largest absolute Gasteiger partial charge is 0.481 e. The van der Waals surface area contributed by atoms with E-state index in [0.717, 1.165) is 25.7 Å². The molecule has 3 N–H and O–H groups in total. The number of carbonyl (C=O) groups is 1. The maximum absolute atomic E-state index is 11.9. The van der Waals surface area contributed by atoms with Gasteiger partial charge in [0.05, 0.1) is 28.6 Å². The van der Waals surface area contributed by atoms with E-state index in [0.29, 0.717) is 32.1 Å². The van der Waals surface area contributed by atoms with Crippen molar-refractivity contribution in [1.82, 2.24) is 0 Å². The summed E-state index contributed by atoms with van der Waals surface area (Å²) in [7, 11) is 1.65. The van der Waals surface area contributed by atoms with E-state index in [1.165, 1.54) is 0 Å². The molecule has 2 bridgehead atoms. The van der Waals surface area contributed by atoms with Gasteiger partial charge < -0.3 is 24.8 Å². The summed E-state index contributed by atoms with van der Waals surface area (Å²) < 4.78 is 12.6. The zero-order valence-electron chi connectivity index (χ0n) is 16.3. The van der Waals surface area contributed by atoms with Gasteiger partial charge in [-0.3, -0.25) is 4.79 Å². The lowest BCUT2D eigenvalue weighted by molar-refractivity contribution is -0.239. The van der Waals surface area contributed by atoms with Gasteiger partial charge in [0, 0.05) is 19.4 Å². The van der Waals surface area contributed by atoms with Crippen molar-refractivity contribution >= 4 is 5.97 Å². The van der Waals surface area contributed by atoms with Crippen LogP contribution in [0.15, 0.2) is 0 Å². The van der Waals surface area contributed by atoms with Crippen LogP contribution in [0.5, 0.6) is 0 Å². The first-order valence-corrected chi connectivity index (χ1v) is 10.6. The second kappa shape index (κ2) is 5.47. The number of carboxylic acid groups (broad SMARTS) is 1. The maximum atomic E-state index is 11.9. The molecule has 27 heavy (non-hydrogen) atoms. The Kier molecular flexibility index (Phi) is 3.71. The molecule has 1 spiro atoms. The molecule has 0 aromatic rings. The van der Waals surface area contributed by atoms with E-state index >= 15 is 0 Å². The Hall–Kier alpha value is -0.690. The minimum absolute atomic E-state index is 0.173. The summed E-state index contributed by atoms with van der Waals surface area (Å²) in [5, 5.41) is 31.8. The van der Waals surface area contributed by atoms with E-state index in [1.807, 2.05) is 0 Å². The van der Waals surface area contributed by atoms with Crippen LogP contribution in [0.25, 0.3) is 0 Å². The molecule has 152 valence electrons. The lowest BCUT2D eigenvalue weighted by atomic mass is 9.42. The Morgan fingerprint density at radius 1 is 1.07 bits per heavy atom. The van der Waals surface area contributed by atoms with Gasteiger partial charge >= 0.3 is 5.97 Å². The van der Waals surface area contributed by atoms with Crippen LogP contribution in [0.1, 0.15) is 64.7 Å². The molecule has 0 aromatic heterocycles. The second-order valence-corrected chi connectivity index (χ2v) is 10.2. The zero-order chi connectivity index (χ0) is 19.2. The third kappa shape index (κ3) is 1.93. The lowest BCUT2D eigenvalue weighted by Crippen LogP contribution is -2.67. The predicted octanol–water partition coefficient (Wildman–Crippen LogP) is 2.31. The van der Waals surface area contributed by atoms with Gasteiger partial charge in [0.2, 0.25) is 0 Å². The normalized spacial score (nSPS) is 59.0. The van der Waals surface area contributed by atoms with Crippen molar-refractivity contribution in [2.75, 3.05) is 7.11 Å². The number of ether oxygens (including phenoxy) is 2. The highest BCUT2D eigenvalue weighted by atomic mass is 16.7. The van der Waals surface area contributed by atoms with Gasteiger partial charge in [0.1, 0.15) is 0 Å². The third-order valence-corrected chi connectivity index (χ3v) is 9.63. The summed E-state index contributed by atoms with van der Waals surface area (Å²) in [6.45, 7) is 2.15. The first-order valence-electron chi connectivity index (χ1n) is 10.6. The van der Waals surface area contributed by atoms with Crippen LogP contribution < -0.4 is 0 Å². The van der Waals surface area contributed by atoms with Gasteiger partial charge in [-0.2, -0.15) is 0 Å². The van der Waals surface area contributed by atoms with Crippen molar-refractivity contribution in [2.45, 2.75) is 88.3 Å². The highest BCUT2D eigenvalue weighted by Crippen LogP contribution is 2.75. The zero-order valence-corrected chi connectivity index (χ0v) is 16.3. The molecular formula is C21H32O6. The summed E-state index contributed by atoms with van der Waals surface area (Å²) >= 11 is 0. The molecule has 5 rings (SSSR count). The number of aliphatic hydroxyl groups is 2. The number of fused-ring (bicyclic) bond motifs is 1. The highest BCUT2D eigenvalue weighted by Gasteiger charge is 2.79. The fraction of sp³-hybridized carbons (Fsp3) is 0.952. The van der Waals surface area contributed by atoms with Gasteiger partial charge in [-0.15, -0.1) is 0 Å². The Morgan fingerprint density at radius 3 is 2.56 bits per heavy atom. The SMILES string of the molecule is CO[C@@H]1O[C@@]23CC[C@@]4(O)C[C@H](O)CC[C@@]14[C@H]2CC[C@]1(C)[C@@H](C(=O)O)CC[C@H]13. The number of carboxylic acids is 1. The van der Waals surface area contributed by atoms with Crippen LogP contribution in [0.3, 0.4) is 0 Å². The standard InChI is InChI=1S/C21H32O6/c1-18-7-6-15-20-8-5-12(22)11-19(20,25)9-10-21(15,27-17(20)26-2)14(18)4-3-13(18)16(23)24/h12-15,17,22,25H,3-11H2,1-2H3,(H,23,24)/t12-,13-,14-,15-,17-,18-,19-,20-,21-/m1/s1. The minimum Gasteiger partial charge on any atom is -0.481 e. The molecule has 6 nitrogen and oxygen atoms in total. The van der Waals surface area contributed by atoms with Crippen molar-refractivity contribution in [3.8, 4) is 0 Å². The summed E-state index contributed by atoms with van der Waals surface area (Å²) in [4.78, 5) is 11.9. The highest BCUT2D eigenvalue weighted by molar-refractivity contribution is 5.71. The second-order valence-electron chi connectivity index (χ2n) is 10.2. The van der Waals surface area contributed by atoms with Gasteiger partial charge in [-0.25, -0.2) is 0 Å². The van der Waals surface area contributed by atoms with E-state index in [4.69, 9.17) is 9.47 Å². The lowest BCUT2D eigenvalue weighted by Gasteiger charge is -2.62. The molecule has 0 radical (unpaired) electrons. The molecule has 9 atom stereocenters. The van der Waals surface area contributed by atoms with Crippen LogP contribution in [-0.2, 0) is 14.3 Å². The number of methoxy groups -OCH3 is 1. The average molecular weight is 380 g/mol. The summed E-state index contributed by atoms with van der Waals surface area (Å²) in [6, 6.07) is 0. The van der Waals surface area contributed by atoms with Gasteiger partial charge in [0.15, 0.2) is 6.29 Å². The number of rotatable bonds is 2. The van der Waals surface area contributed by atoms with Gasteiger partial charge in [-0.1, -0.05) is 6.92 Å². The molecule has 1 saturated heterocycles. The Bertz CT molecular complexity index is 667. The smallest absolute Gasteiger partial charge is 0.307 e. The van der Waals surface area contributed by atoms with E-state index < -0.39 is 35.0 Å². The molecule has 5 aliphatic rings. The predicted molar refractivity (Wildman–Crippen MR) is 95.8 cm³/mol. The molecule has 1 aliphatic heterocycles. The van der Waals surface area contributed by atoms with Crippen LogP contribution in [0.2, 0.25) is 0 Å². The first kappa shape index (κ1) is 18.3. The molecule has 6 heteroatoms. The number of aliphatic carboxylic acids is 1. The molecule has 5 fully saturated rings. The van der Waals surface area contributed by atoms with Gasteiger partial charge in [-0.05, 0) is 62.7 Å². The molecule has 0 amide bonds. The molecule has 0 unspecified atom stereocenters. The first-order chi connectivity index (χ1) is 12.7. The van der Waals surface area contributed by atoms with Crippen LogP contribution >= 0.6 is 0 Å². The summed E-state index contributed by atoms with van der Waals surface area (Å²) in [5.41, 5.74) is -2.10. The third-order valence-electron chi connectivity index (χ3n) is 9.63. The Balaban J connectivity index is 1.61. The maximum Gasteiger partial charge on any atom is 0.307 e. The topological polar surface area (TPSA) is 96.2 Å². The Morgan fingerprint density at radius 2 is 1.85 bits per heavy atom. The van der Waals surface area contributed by atoms with Gasteiger partial charge in [0.25, 0.3) is 0 Å². The fourth-order valence-electron chi connectivity index (χ4n) is 8.62. The Labute approximate surface area is 160 Å². The van der Waals surface area contributed by atoms with Crippen molar-refractivity contribution in [1.29, 1.82) is 0 Å². The van der Waals surface area contributed by atoms with Crippen LogP contribution in [-0.4, -0.2) is 52.0 Å².